The van der Waals surface area contributed by atoms with Gasteiger partial charge in [-0.15, -0.1) is 0 Å². The molecule has 1 atom stereocenters. The summed E-state index contributed by atoms with van der Waals surface area (Å²) in [7, 11) is -4.09. The Bertz CT molecular complexity index is 511. The molecule has 1 rings (SSSR count). The van der Waals surface area contributed by atoms with E-state index in [0.717, 1.165) is 5.56 Å². The summed E-state index contributed by atoms with van der Waals surface area (Å²) in [6.07, 6.45) is -0.312. The van der Waals surface area contributed by atoms with Crippen LogP contribution >= 0.6 is 7.60 Å². The van der Waals surface area contributed by atoms with E-state index < -0.39 is 19.6 Å². The first-order valence-electron chi connectivity index (χ1n) is 6.27. The summed E-state index contributed by atoms with van der Waals surface area (Å²) in [5, 5.41) is 12.0. The first-order chi connectivity index (χ1) is 9.19. The Labute approximate surface area is 118 Å². The van der Waals surface area contributed by atoms with Crippen LogP contribution in [0.3, 0.4) is 0 Å². The van der Waals surface area contributed by atoms with Gasteiger partial charge in [0.2, 0.25) is 0 Å². The van der Waals surface area contributed by atoms with Crippen molar-refractivity contribution in [1.82, 2.24) is 5.32 Å². The summed E-state index contributed by atoms with van der Waals surface area (Å²) in [5.74, 6) is -0.961. The maximum Gasteiger partial charge on any atom is 0.329 e. The molecule has 1 aromatic rings. The quantitative estimate of drug-likeness (QED) is 0.569. The van der Waals surface area contributed by atoms with Gasteiger partial charge in [-0.3, -0.25) is 9.36 Å². The molecule has 1 aromatic carbocycles. The van der Waals surface area contributed by atoms with Crippen molar-refractivity contribution in [1.29, 1.82) is 0 Å². The lowest BCUT2D eigenvalue weighted by Gasteiger charge is -2.18. The van der Waals surface area contributed by atoms with E-state index in [-0.39, 0.29) is 12.1 Å². The summed E-state index contributed by atoms with van der Waals surface area (Å²) >= 11 is 0. The van der Waals surface area contributed by atoms with E-state index in [1.165, 1.54) is 0 Å². The minimum absolute atomic E-state index is 0.0502. The van der Waals surface area contributed by atoms with Crippen molar-refractivity contribution >= 4 is 13.6 Å². The second kappa shape index (κ2) is 6.99. The van der Waals surface area contributed by atoms with E-state index in [1.54, 1.807) is 24.3 Å². The maximum absolute atomic E-state index is 11.1. The molecule has 0 spiro atoms. The molecular weight excluding hydrogens is 281 g/mol. The molecule has 0 aliphatic heterocycles. The Morgan fingerprint density at radius 2 is 1.90 bits per heavy atom. The van der Waals surface area contributed by atoms with Crippen molar-refractivity contribution in [3.8, 4) is 0 Å². The average molecular weight is 301 g/mol. The molecule has 0 unspecified atom stereocenters. The van der Waals surface area contributed by atoms with Crippen molar-refractivity contribution in [3.05, 3.63) is 35.4 Å². The molecule has 0 bridgehead atoms. The number of benzene rings is 1. The van der Waals surface area contributed by atoms with Gasteiger partial charge in [-0.2, -0.15) is 0 Å². The Morgan fingerprint density at radius 1 is 1.30 bits per heavy atom. The molecule has 0 amide bonds. The van der Waals surface area contributed by atoms with Gasteiger partial charge in [0.25, 0.3) is 0 Å². The van der Waals surface area contributed by atoms with Crippen molar-refractivity contribution in [3.63, 3.8) is 0 Å². The smallest absolute Gasteiger partial charge is 0.329 e. The second-order valence-corrected chi connectivity index (χ2v) is 6.73. The van der Waals surface area contributed by atoms with Gasteiger partial charge < -0.3 is 20.2 Å². The van der Waals surface area contributed by atoms with Crippen LogP contribution in [-0.4, -0.2) is 26.9 Å². The third-order valence-corrected chi connectivity index (χ3v) is 3.62. The Kier molecular flexibility index (Phi) is 5.89. The van der Waals surface area contributed by atoms with Crippen LogP contribution in [-0.2, 0) is 22.1 Å². The summed E-state index contributed by atoms with van der Waals surface area (Å²) in [6, 6.07) is 6.15. The molecule has 4 N–H and O–H groups in total. The highest BCUT2D eigenvalue weighted by atomic mass is 31.2. The molecular formula is C13H20NO5P. The van der Waals surface area contributed by atoms with Gasteiger partial charge in [0.05, 0.1) is 6.16 Å². The van der Waals surface area contributed by atoms with Gasteiger partial charge in [-0.1, -0.05) is 38.1 Å². The van der Waals surface area contributed by atoms with Gasteiger partial charge in [0, 0.05) is 6.54 Å². The van der Waals surface area contributed by atoms with Crippen LogP contribution in [0.5, 0.6) is 0 Å². The zero-order chi connectivity index (χ0) is 15.3. The van der Waals surface area contributed by atoms with Gasteiger partial charge >= 0.3 is 13.6 Å². The average Bonchev–Trinajstić information content (AvgIpc) is 2.26. The molecule has 6 nitrogen and oxygen atoms in total. The number of carboxylic acid groups (broad SMARTS) is 1. The Hall–Kier alpha value is -1.20. The number of hydrogen-bond acceptors (Lipinski definition) is 3. The molecule has 112 valence electrons. The molecule has 20 heavy (non-hydrogen) atoms. The zero-order valence-corrected chi connectivity index (χ0v) is 12.4. The standard InChI is InChI=1S/C13H20NO5P/c1-9(2)12(13(15)16)14-7-10-4-3-5-11(6-10)8-20(17,18)19/h3-6,9,12,14H,7-8H2,1-2H3,(H,15,16)(H2,17,18,19)/t12-/m0/s1. The summed E-state index contributed by atoms with van der Waals surface area (Å²) in [6.45, 7) is 3.97. The molecule has 0 heterocycles. The maximum atomic E-state index is 11.1. The van der Waals surface area contributed by atoms with Gasteiger partial charge in [0.15, 0.2) is 0 Å². The monoisotopic (exact) mass is 301 g/mol. The first kappa shape index (κ1) is 16.9. The van der Waals surface area contributed by atoms with Crippen LogP contribution in [0.25, 0.3) is 0 Å². The number of carbonyl (C=O) groups is 1. The fourth-order valence-electron chi connectivity index (χ4n) is 1.91. The second-order valence-electron chi connectivity index (χ2n) is 5.08. The summed E-state index contributed by atoms with van der Waals surface area (Å²) in [5.41, 5.74) is 1.33. The van der Waals surface area contributed by atoms with Crippen LogP contribution in [0, 0.1) is 5.92 Å². The van der Waals surface area contributed by atoms with Crippen LogP contribution in [0.1, 0.15) is 25.0 Å². The van der Waals surface area contributed by atoms with Gasteiger partial charge in [-0.05, 0) is 17.0 Å². The highest BCUT2D eigenvalue weighted by Crippen LogP contribution is 2.39. The van der Waals surface area contributed by atoms with E-state index in [1.807, 2.05) is 13.8 Å². The molecule has 0 radical (unpaired) electrons. The van der Waals surface area contributed by atoms with Crippen LogP contribution in [0.2, 0.25) is 0 Å². The van der Waals surface area contributed by atoms with Gasteiger partial charge in [-0.25, -0.2) is 0 Å². The number of aliphatic carboxylic acids is 1. The number of nitrogens with one attached hydrogen (secondary N) is 1. The van der Waals surface area contributed by atoms with Crippen molar-refractivity contribution in [2.75, 3.05) is 0 Å². The number of rotatable bonds is 7. The van der Waals surface area contributed by atoms with Crippen LogP contribution < -0.4 is 5.32 Å². The number of carboxylic acids is 1. The molecule has 0 saturated carbocycles. The van der Waals surface area contributed by atoms with E-state index in [0.29, 0.717) is 12.1 Å². The van der Waals surface area contributed by atoms with E-state index in [4.69, 9.17) is 14.9 Å². The Morgan fingerprint density at radius 3 is 2.40 bits per heavy atom. The van der Waals surface area contributed by atoms with Crippen molar-refractivity contribution < 1.29 is 24.3 Å². The fourth-order valence-corrected chi connectivity index (χ4v) is 2.58. The first-order valence-corrected chi connectivity index (χ1v) is 8.07. The predicted octanol–water partition coefficient (Wildman–Crippen LogP) is 1.56. The highest BCUT2D eigenvalue weighted by Gasteiger charge is 2.20. The molecule has 0 aliphatic rings. The van der Waals surface area contributed by atoms with Crippen molar-refractivity contribution in [2.45, 2.75) is 32.6 Å². The van der Waals surface area contributed by atoms with Gasteiger partial charge in [0.1, 0.15) is 6.04 Å². The predicted molar refractivity (Wildman–Crippen MR) is 75.3 cm³/mol. The SMILES string of the molecule is CC(C)[C@H](NCc1cccc(CP(=O)(O)O)c1)C(=O)O. The fraction of sp³-hybridized carbons (Fsp3) is 0.462. The minimum atomic E-state index is -4.09. The highest BCUT2D eigenvalue weighted by molar-refractivity contribution is 7.50. The lowest BCUT2D eigenvalue weighted by molar-refractivity contribution is -0.140. The zero-order valence-electron chi connectivity index (χ0n) is 11.5. The van der Waals surface area contributed by atoms with Crippen LogP contribution in [0.4, 0.5) is 0 Å². The molecule has 0 aromatic heterocycles. The summed E-state index contributed by atoms with van der Waals surface area (Å²) in [4.78, 5) is 28.9. The molecule has 0 fully saturated rings. The van der Waals surface area contributed by atoms with E-state index in [9.17, 15) is 9.36 Å². The Balaban J connectivity index is 2.71. The third-order valence-electron chi connectivity index (χ3n) is 2.84. The lowest BCUT2D eigenvalue weighted by Crippen LogP contribution is -2.40. The molecule has 0 aliphatic carbocycles. The van der Waals surface area contributed by atoms with Crippen LogP contribution in [0.15, 0.2) is 24.3 Å². The molecule has 0 saturated heterocycles. The lowest BCUT2D eigenvalue weighted by atomic mass is 10.0. The van der Waals surface area contributed by atoms with E-state index in [2.05, 4.69) is 5.32 Å². The van der Waals surface area contributed by atoms with Crippen molar-refractivity contribution in [2.24, 2.45) is 5.92 Å². The largest absolute Gasteiger partial charge is 0.480 e. The van der Waals surface area contributed by atoms with E-state index >= 15 is 0 Å². The normalized spacial score (nSPS) is 13.4. The number of hydrogen-bond donors (Lipinski definition) is 4. The minimum Gasteiger partial charge on any atom is -0.480 e. The molecule has 7 heteroatoms. The third kappa shape index (κ3) is 5.84. The summed E-state index contributed by atoms with van der Waals surface area (Å²) < 4.78 is 11.0. The topological polar surface area (TPSA) is 107 Å².